The number of hydrogen-bond acceptors (Lipinski definition) is 18. The summed E-state index contributed by atoms with van der Waals surface area (Å²) < 4.78 is 46.4. The second-order valence-electron chi connectivity index (χ2n) is 12.8. The van der Waals surface area contributed by atoms with E-state index in [-0.39, 0.29) is 0 Å². The fraction of sp³-hybridized carbons (Fsp3) is 0.727. The van der Waals surface area contributed by atoms with Gasteiger partial charge in [0, 0.05) is 0 Å². The van der Waals surface area contributed by atoms with E-state index in [1.54, 1.807) is 83.1 Å². The van der Waals surface area contributed by atoms with E-state index in [0.29, 0.717) is 0 Å². The van der Waals surface area contributed by atoms with Crippen LogP contribution in [0.15, 0.2) is 0 Å². The molecule has 0 spiro atoms. The van der Waals surface area contributed by atoms with E-state index in [4.69, 9.17) is 39.8 Å². The highest BCUT2D eigenvalue weighted by Crippen LogP contribution is 2.12. The minimum absolute atomic E-state index is 0.521. The second kappa shape index (κ2) is 24.1. The lowest BCUT2D eigenvalue weighted by Gasteiger charge is -2.22. The SMILES string of the molecule is CC(C)OC(OC(C)C)C(=O)CC(=O)C(=O)[O][Al]([O]C(=O)C(=O)CC(=O)C(OC(C)C)OC(C)C)[O]C(=O)C(=O)CC(=O)C(OC(C)C)OC(C)C. The normalized spacial score (nSPS) is 11.7. The summed E-state index contributed by atoms with van der Waals surface area (Å²) >= 11 is -4.66. The quantitative estimate of drug-likeness (QED) is 0.0501. The Bertz CT molecular complexity index is 1090. The Morgan fingerprint density at radius 2 is 0.519 bits per heavy atom. The molecule has 18 nitrogen and oxygen atoms in total. The molecule has 0 saturated carbocycles. The molecule has 0 aromatic heterocycles. The largest absolute Gasteiger partial charge is 1.20 e. The molecule has 0 amide bonds. The molecule has 0 aliphatic rings. The third-order valence-electron chi connectivity index (χ3n) is 5.46. The molecule has 0 fully saturated rings. The van der Waals surface area contributed by atoms with Crippen LogP contribution in [-0.4, -0.2) is 123 Å². The van der Waals surface area contributed by atoms with Crippen molar-refractivity contribution in [2.24, 2.45) is 0 Å². The maximum Gasteiger partial charge on any atom is 1.20 e. The maximum absolute atomic E-state index is 12.7. The zero-order valence-electron chi connectivity index (χ0n) is 31.7. The highest BCUT2D eigenvalue weighted by Gasteiger charge is 2.52. The van der Waals surface area contributed by atoms with Gasteiger partial charge >= 0.3 is 33.1 Å². The van der Waals surface area contributed by atoms with Crippen LogP contribution in [0, 0.1) is 0 Å². The van der Waals surface area contributed by atoms with Crippen LogP contribution < -0.4 is 0 Å². The molecule has 0 N–H and O–H groups in total. The molecule has 0 saturated heterocycles. The van der Waals surface area contributed by atoms with Crippen LogP contribution in [0.1, 0.15) is 102 Å². The van der Waals surface area contributed by atoms with Crippen LogP contribution in [0.2, 0.25) is 0 Å². The van der Waals surface area contributed by atoms with E-state index >= 15 is 0 Å². The van der Waals surface area contributed by atoms with Crippen molar-refractivity contribution in [1.29, 1.82) is 0 Å². The number of ether oxygens (including phenoxy) is 6. The molecule has 19 heteroatoms. The molecular formula is C33H51AlO18. The predicted octanol–water partition coefficient (Wildman–Crippen LogP) is 1.71. The predicted molar refractivity (Wildman–Crippen MR) is 177 cm³/mol. The van der Waals surface area contributed by atoms with Gasteiger partial charge in [0.1, 0.15) is 0 Å². The number of Topliss-reactive ketones (excluding diaryl/α,β-unsaturated/α-hetero) is 6. The second-order valence-corrected chi connectivity index (χ2v) is 14.1. The van der Waals surface area contributed by atoms with Crippen LogP contribution in [0.4, 0.5) is 0 Å². The standard InChI is InChI=1S/3C11H18O6.Al/c3*1-6(2)16-11(17-7(3)4)9(13)5-8(12)10(14)15;/h3*6-7,11H,5H2,1-4H3,(H,14,15);/q;;;+3/p-3. The molecule has 0 rings (SSSR count). The van der Waals surface area contributed by atoms with Gasteiger partial charge < -0.3 is 39.8 Å². The van der Waals surface area contributed by atoms with E-state index in [9.17, 15) is 43.2 Å². The monoisotopic (exact) mass is 762 g/mol. The van der Waals surface area contributed by atoms with Crippen molar-refractivity contribution in [1.82, 2.24) is 0 Å². The first kappa shape index (κ1) is 48.7. The van der Waals surface area contributed by atoms with Gasteiger partial charge in [-0.1, -0.05) is 0 Å². The van der Waals surface area contributed by atoms with Crippen molar-refractivity contribution in [3.8, 4) is 0 Å². The van der Waals surface area contributed by atoms with Crippen molar-refractivity contribution in [2.75, 3.05) is 0 Å². The Morgan fingerprint density at radius 1 is 0.346 bits per heavy atom. The highest BCUT2D eigenvalue weighted by atomic mass is 27.3. The topological polar surface area (TPSA) is 237 Å². The van der Waals surface area contributed by atoms with Crippen molar-refractivity contribution in [3.63, 3.8) is 0 Å². The van der Waals surface area contributed by atoms with E-state index in [0.717, 1.165) is 0 Å². The van der Waals surface area contributed by atoms with Gasteiger partial charge in [0.2, 0.25) is 36.2 Å². The number of carbonyl (C=O) groups excluding carboxylic acids is 9. The number of rotatable bonds is 27. The highest BCUT2D eigenvalue weighted by molar-refractivity contribution is 6.56. The minimum Gasteiger partial charge on any atom is -0.545 e. The summed E-state index contributed by atoms with van der Waals surface area (Å²) in [7, 11) is 0. The van der Waals surface area contributed by atoms with Crippen LogP contribution in [0.25, 0.3) is 0 Å². The van der Waals surface area contributed by atoms with E-state index in [1.807, 2.05) is 0 Å². The Hall–Kier alpha value is -3.28. The molecule has 0 atom stereocenters. The van der Waals surface area contributed by atoms with E-state index in [2.05, 4.69) is 0 Å². The molecule has 294 valence electrons. The number of carbonyl (C=O) groups is 9. The average molecular weight is 763 g/mol. The van der Waals surface area contributed by atoms with Crippen LogP contribution in [-0.2, 0) is 82.9 Å². The van der Waals surface area contributed by atoms with Crippen molar-refractivity contribution in [2.45, 2.75) is 158 Å². The Labute approximate surface area is 308 Å². The summed E-state index contributed by atoms with van der Waals surface area (Å²) in [6, 6.07) is 0. The average Bonchev–Trinajstić information content (AvgIpc) is 2.98. The number of ketones is 6. The van der Waals surface area contributed by atoms with Crippen LogP contribution in [0.3, 0.4) is 0 Å². The molecule has 0 unspecified atom stereocenters. The van der Waals surface area contributed by atoms with Gasteiger partial charge in [0.15, 0.2) is 17.3 Å². The minimum atomic E-state index is -4.66. The molecule has 0 aliphatic heterocycles. The molecule has 52 heavy (non-hydrogen) atoms. The first-order valence-corrected chi connectivity index (χ1v) is 18.1. The fourth-order valence-corrected chi connectivity index (χ4v) is 4.57. The summed E-state index contributed by atoms with van der Waals surface area (Å²) in [6.07, 6.45) is -11.2. The summed E-state index contributed by atoms with van der Waals surface area (Å²) in [4.78, 5) is 114. The molecule has 0 aromatic carbocycles. The Balaban J connectivity index is 6.11. The number of hydrogen-bond donors (Lipinski definition) is 0. The zero-order chi connectivity index (χ0) is 40.5. The molecule has 0 heterocycles. The molecule has 0 aliphatic carbocycles. The third kappa shape index (κ3) is 20.7. The van der Waals surface area contributed by atoms with Crippen molar-refractivity contribution >= 4 is 67.8 Å². The first-order chi connectivity index (χ1) is 23.9. The van der Waals surface area contributed by atoms with Gasteiger partial charge in [-0.15, -0.1) is 0 Å². The Kier molecular flexibility index (Phi) is 22.6. The van der Waals surface area contributed by atoms with Gasteiger partial charge in [-0.3, -0.25) is 28.8 Å². The van der Waals surface area contributed by atoms with E-state index in [1.165, 1.54) is 0 Å². The summed E-state index contributed by atoms with van der Waals surface area (Å²) in [5.41, 5.74) is 0. The summed E-state index contributed by atoms with van der Waals surface area (Å²) in [5.74, 6) is -13.1. The summed E-state index contributed by atoms with van der Waals surface area (Å²) in [6.45, 7) is 19.1. The fourth-order valence-electron chi connectivity index (χ4n) is 3.51. The van der Waals surface area contributed by atoms with Crippen molar-refractivity contribution < 1.29 is 82.9 Å². The lowest BCUT2D eigenvalue weighted by molar-refractivity contribution is -0.190. The first-order valence-electron chi connectivity index (χ1n) is 16.7. The van der Waals surface area contributed by atoms with Gasteiger partial charge in [0.25, 0.3) is 0 Å². The zero-order valence-corrected chi connectivity index (χ0v) is 32.9. The lowest BCUT2D eigenvalue weighted by Crippen LogP contribution is -2.42. The molecular weight excluding hydrogens is 711 g/mol. The van der Waals surface area contributed by atoms with E-state index < -0.39 is 143 Å². The van der Waals surface area contributed by atoms with Crippen LogP contribution in [0.5, 0.6) is 0 Å². The van der Waals surface area contributed by atoms with Crippen LogP contribution >= 0.6 is 0 Å². The Morgan fingerprint density at radius 3 is 0.673 bits per heavy atom. The molecule has 0 aromatic rings. The maximum atomic E-state index is 12.7. The van der Waals surface area contributed by atoms with Gasteiger partial charge in [0.05, 0.1) is 55.9 Å². The molecule has 0 radical (unpaired) electrons. The smallest absolute Gasteiger partial charge is 0.545 e. The van der Waals surface area contributed by atoms with Crippen molar-refractivity contribution in [3.05, 3.63) is 0 Å². The van der Waals surface area contributed by atoms with Gasteiger partial charge in [-0.05, 0) is 83.1 Å². The lowest BCUT2D eigenvalue weighted by atomic mass is 10.2. The molecule has 0 bridgehead atoms. The third-order valence-corrected chi connectivity index (χ3v) is 6.68. The van der Waals surface area contributed by atoms with Gasteiger partial charge in [-0.2, -0.15) is 0 Å². The van der Waals surface area contributed by atoms with Gasteiger partial charge in [-0.25, -0.2) is 14.4 Å². The summed E-state index contributed by atoms with van der Waals surface area (Å²) in [5, 5.41) is 0.